The molecule has 0 unspecified atom stereocenters. The fraction of sp³-hybridized carbons (Fsp3) is 0.429. The Morgan fingerprint density at radius 3 is 2.21 bits per heavy atom. The van der Waals surface area contributed by atoms with Crippen LogP contribution in [-0.4, -0.2) is 52.3 Å². The van der Waals surface area contributed by atoms with Gasteiger partial charge in [-0.2, -0.15) is 18.2 Å². The second-order valence-corrected chi connectivity index (χ2v) is 7.48. The number of ether oxygens (including phenoxy) is 1. The number of anilines is 1. The van der Waals surface area contributed by atoms with Crippen LogP contribution in [0.1, 0.15) is 41.6 Å². The van der Waals surface area contributed by atoms with Crippen molar-refractivity contribution in [2.24, 2.45) is 0 Å². The van der Waals surface area contributed by atoms with Crippen LogP contribution in [0.5, 0.6) is 5.88 Å². The molecule has 0 saturated heterocycles. The molecular weight excluding hydrogens is 467 g/mol. The van der Waals surface area contributed by atoms with Gasteiger partial charge in [0.05, 0.1) is 7.11 Å². The van der Waals surface area contributed by atoms with Crippen LogP contribution in [0.25, 0.3) is 0 Å². The first kappa shape index (κ1) is 26.7. The van der Waals surface area contributed by atoms with Gasteiger partial charge in [0.1, 0.15) is 0 Å². The maximum atomic E-state index is 13.3. The lowest BCUT2D eigenvalue weighted by Crippen LogP contribution is -2.40. The van der Waals surface area contributed by atoms with Crippen LogP contribution in [0.4, 0.5) is 27.9 Å². The number of halogens is 5. The molecule has 1 aromatic heterocycles. The number of benzene rings is 1. The lowest BCUT2D eigenvalue weighted by atomic mass is 9.91. The number of hydrogen-bond acceptors (Lipinski definition) is 6. The number of carboxylic acid groups (broad SMARTS) is 1. The summed E-state index contributed by atoms with van der Waals surface area (Å²) in [5.74, 6) is -4.08. The van der Waals surface area contributed by atoms with E-state index in [1.165, 1.54) is 6.07 Å². The van der Waals surface area contributed by atoms with Crippen LogP contribution in [0.2, 0.25) is 0 Å². The molecule has 0 spiro atoms. The zero-order valence-corrected chi connectivity index (χ0v) is 18.2. The molecule has 1 amide bonds. The summed E-state index contributed by atoms with van der Waals surface area (Å²) in [4.78, 5) is 29.7. The highest BCUT2D eigenvalue weighted by Crippen LogP contribution is 2.23. The Morgan fingerprint density at radius 2 is 1.68 bits per heavy atom. The molecule has 34 heavy (non-hydrogen) atoms. The Kier molecular flexibility index (Phi) is 9.10. The number of aromatic nitrogens is 2. The van der Waals surface area contributed by atoms with Crippen molar-refractivity contribution < 1.29 is 41.4 Å². The summed E-state index contributed by atoms with van der Waals surface area (Å²) in [6.07, 6.45) is -0.154. The third-order valence-corrected chi connectivity index (χ3v) is 4.94. The summed E-state index contributed by atoms with van der Waals surface area (Å²) in [7, 11) is 1.57. The number of aliphatic carboxylic acids is 1. The van der Waals surface area contributed by atoms with E-state index in [2.05, 4.69) is 20.6 Å². The topological polar surface area (TPSA) is 113 Å². The van der Waals surface area contributed by atoms with Gasteiger partial charge in [0.15, 0.2) is 11.6 Å². The number of nitrogens with one attached hydrogen (secondary N) is 2. The zero-order chi connectivity index (χ0) is 25.5. The smallest absolute Gasteiger partial charge is 0.481 e. The molecule has 3 rings (SSSR count). The molecule has 1 aliphatic rings. The molecular formula is C21H23F5N4O4. The maximum Gasteiger partial charge on any atom is 0.490 e. The first-order valence-electron chi connectivity index (χ1n) is 10.1. The van der Waals surface area contributed by atoms with Crippen molar-refractivity contribution in [1.29, 1.82) is 0 Å². The number of alkyl halides is 3. The fourth-order valence-corrected chi connectivity index (χ4v) is 3.17. The van der Waals surface area contributed by atoms with Gasteiger partial charge < -0.3 is 20.5 Å². The molecule has 2 aromatic rings. The third-order valence-electron chi connectivity index (χ3n) is 4.94. The van der Waals surface area contributed by atoms with Gasteiger partial charge in [-0.3, -0.25) is 4.79 Å². The van der Waals surface area contributed by atoms with Gasteiger partial charge in [0, 0.05) is 29.4 Å². The molecule has 1 aromatic carbocycles. The average Bonchev–Trinajstić information content (AvgIpc) is 2.78. The van der Waals surface area contributed by atoms with Gasteiger partial charge >= 0.3 is 12.1 Å². The predicted octanol–water partition coefficient (Wildman–Crippen LogP) is 3.86. The Balaban J connectivity index is 0.000000509. The van der Waals surface area contributed by atoms with Crippen molar-refractivity contribution in [3.63, 3.8) is 0 Å². The predicted molar refractivity (Wildman–Crippen MR) is 111 cm³/mol. The normalized spacial score (nSPS) is 17.7. The molecule has 1 saturated carbocycles. The van der Waals surface area contributed by atoms with Crippen LogP contribution >= 0.6 is 0 Å². The van der Waals surface area contributed by atoms with E-state index in [-0.39, 0.29) is 17.6 Å². The van der Waals surface area contributed by atoms with E-state index >= 15 is 0 Å². The molecule has 3 N–H and O–H groups in total. The first-order valence-corrected chi connectivity index (χ1v) is 10.1. The number of nitrogens with zero attached hydrogens (tertiary/aromatic N) is 2. The number of hydrogen-bond donors (Lipinski definition) is 3. The molecule has 8 nitrogen and oxygen atoms in total. The number of carbonyl (C=O) groups is 2. The van der Waals surface area contributed by atoms with E-state index < -0.39 is 29.7 Å². The molecule has 1 heterocycles. The van der Waals surface area contributed by atoms with E-state index in [4.69, 9.17) is 14.6 Å². The zero-order valence-electron chi connectivity index (χ0n) is 18.2. The number of carboxylic acids is 1. The van der Waals surface area contributed by atoms with Crippen LogP contribution in [0.15, 0.2) is 24.4 Å². The lowest BCUT2D eigenvalue weighted by molar-refractivity contribution is -0.192. The molecule has 0 bridgehead atoms. The fourth-order valence-electron chi connectivity index (χ4n) is 3.17. The summed E-state index contributed by atoms with van der Waals surface area (Å²) in [6.45, 7) is 1.88. The molecule has 0 atom stereocenters. The Labute approximate surface area is 191 Å². The number of rotatable bonds is 5. The van der Waals surface area contributed by atoms with E-state index in [1.807, 2.05) is 6.92 Å². The second-order valence-electron chi connectivity index (χ2n) is 7.48. The van der Waals surface area contributed by atoms with E-state index in [0.717, 1.165) is 43.4 Å². The molecule has 1 fully saturated rings. The van der Waals surface area contributed by atoms with E-state index in [0.29, 0.717) is 11.8 Å². The number of methoxy groups -OCH3 is 1. The van der Waals surface area contributed by atoms with Crippen LogP contribution in [0.3, 0.4) is 0 Å². The summed E-state index contributed by atoms with van der Waals surface area (Å²) in [5, 5.41) is 13.3. The second kappa shape index (κ2) is 11.6. The number of carbonyl (C=O) groups excluding carboxylic acids is 1. The monoisotopic (exact) mass is 490 g/mol. The van der Waals surface area contributed by atoms with Gasteiger partial charge in [-0.1, -0.05) is 0 Å². The van der Waals surface area contributed by atoms with Gasteiger partial charge in [0.25, 0.3) is 5.91 Å². The Hall–Kier alpha value is -3.51. The van der Waals surface area contributed by atoms with Gasteiger partial charge in [0.2, 0.25) is 11.8 Å². The van der Waals surface area contributed by atoms with Crippen LogP contribution in [0, 0.1) is 18.6 Å². The van der Waals surface area contributed by atoms with Gasteiger partial charge in [-0.25, -0.2) is 18.6 Å². The number of aryl methyl sites for hydroxylation is 1. The third kappa shape index (κ3) is 7.81. The van der Waals surface area contributed by atoms with Crippen LogP contribution < -0.4 is 15.4 Å². The highest BCUT2D eigenvalue weighted by Gasteiger charge is 2.38. The SMILES string of the molecule is COc1nc(N[C@H]2CC[C@@H](NC(=O)c3ccc(F)c(F)c3)CC2)ncc1C.O=C(O)C(F)(F)F. The molecule has 1 aliphatic carbocycles. The van der Waals surface area contributed by atoms with Crippen molar-refractivity contribution >= 4 is 17.8 Å². The minimum atomic E-state index is -5.08. The molecule has 186 valence electrons. The highest BCUT2D eigenvalue weighted by molar-refractivity contribution is 5.94. The van der Waals surface area contributed by atoms with Crippen molar-refractivity contribution in [3.05, 3.63) is 47.2 Å². The van der Waals surface area contributed by atoms with Gasteiger partial charge in [-0.15, -0.1) is 0 Å². The molecule has 0 radical (unpaired) electrons. The van der Waals surface area contributed by atoms with E-state index in [1.54, 1.807) is 13.3 Å². The summed E-state index contributed by atoms with van der Waals surface area (Å²) >= 11 is 0. The standard InChI is InChI=1S/C19H22F2N4O2.C2HF3O2/c1-11-10-22-19(25-18(11)27-2)24-14-6-4-13(5-7-14)23-17(26)12-3-8-15(20)16(21)9-12;3-2(4,5)1(6)7/h3,8-10,13-14H,4-7H2,1-2H3,(H,23,26)(H,22,24,25);(H,6,7)/t13-,14+;. The largest absolute Gasteiger partial charge is 0.490 e. The summed E-state index contributed by atoms with van der Waals surface area (Å²) < 4.78 is 63.2. The molecule has 13 heteroatoms. The maximum absolute atomic E-state index is 13.3. The van der Waals surface area contributed by atoms with Crippen molar-refractivity contribution in [1.82, 2.24) is 15.3 Å². The first-order chi connectivity index (χ1) is 15.9. The summed E-state index contributed by atoms with van der Waals surface area (Å²) in [6, 6.07) is 3.36. The molecule has 0 aliphatic heterocycles. The van der Waals surface area contributed by atoms with Crippen molar-refractivity contribution in [3.8, 4) is 5.88 Å². The Morgan fingerprint density at radius 1 is 1.09 bits per heavy atom. The Bertz CT molecular complexity index is 1010. The minimum absolute atomic E-state index is 0.00265. The van der Waals surface area contributed by atoms with Crippen molar-refractivity contribution in [2.45, 2.75) is 50.9 Å². The van der Waals surface area contributed by atoms with E-state index in [9.17, 15) is 26.7 Å². The summed E-state index contributed by atoms with van der Waals surface area (Å²) in [5.41, 5.74) is 0.987. The van der Waals surface area contributed by atoms with Crippen LogP contribution in [-0.2, 0) is 4.79 Å². The number of amides is 1. The van der Waals surface area contributed by atoms with Crippen molar-refractivity contribution in [2.75, 3.05) is 12.4 Å². The quantitative estimate of drug-likeness (QED) is 0.546. The minimum Gasteiger partial charge on any atom is -0.481 e. The highest BCUT2D eigenvalue weighted by atomic mass is 19.4. The average molecular weight is 490 g/mol. The lowest BCUT2D eigenvalue weighted by Gasteiger charge is -2.29. The van der Waals surface area contributed by atoms with Gasteiger partial charge in [-0.05, 0) is 50.8 Å².